The fourth-order valence-corrected chi connectivity index (χ4v) is 4.84. The molecule has 1 unspecified atom stereocenters. The van der Waals surface area contributed by atoms with Gasteiger partial charge in [0.15, 0.2) is 0 Å². The van der Waals surface area contributed by atoms with Crippen LogP contribution in [-0.2, 0) is 17.8 Å². The monoisotopic (exact) mass is 499 g/mol. The predicted octanol–water partition coefficient (Wildman–Crippen LogP) is 6.99. The van der Waals surface area contributed by atoms with Crippen molar-refractivity contribution < 1.29 is 9.21 Å². The highest BCUT2D eigenvalue weighted by molar-refractivity contribution is 5.79. The van der Waals surface area contributed by atoms with Gasteiger partial charge in [-0.15, -0.1) is 0 Å². The molecule has 0 aliphatic rings. The molecular weight excluding hydrogens is 462 g/mol. The number of carbonyl (C=O) groups excluding carboxylic acids is 1. The van der Waals surface area contributed by atoms with Gasteiger partial charge >= 0.3 is 0 Å². The van der Waals surface area contributed by atoms with E-state index in [9.17, 15) is 9.59 Å². The second kappa shape index (κ2) is 12.5. The van der Waals surface area contributed by atoms with Gasteiger partial charge in [-0.2, -0.15) is 0 Å². The van der Waals surface area contributed by atoms with Crippen molar-refractivity contribution in [1.82, 2.24) is 14.5 Å². The quantitative estimate of drug-likeness (QED) is 0.197. The molecule has 37 heavy (non-hydrogen) atoms. The van der Waals surface area contributed by atoms with Crippen molar-refractivity contribution in [3.05, 3.63) is 94.4 Å². The van der Waals surface area contributed by atoms with Gasteiger partial charge in [0.1, 0.15) is 11.6 Å². The lowest BCUT2D eigenvalue weighted by atomic mass is 10.1. The molecule has 4 rings (SSSR count). The van der Waals surface area contributed by atoms with E-state index < -0.39 is 6.04 Å². The van der Waals surface area contributed by atoms with Crippen LogP contribution < -0.4 is 5.56 Å². The van der Waals surface area contributed by atoms with E-state index in [-0.39, 0.29) is 11.5 Å². The number of aryl methyl sites for hydroxylation is 1. The third-order valence-corrected chi connectivity index (χ3v) is 6.94. The first-order valence-corrected chi connectivity index (χ1v) is 13.5. The fourth-order valence-electron chi connectivity index (χ4n) is 4.84. The van der Waals surface area contributed by atoms with Crippen molar-refractivity contribution in [3.63, 3.8) is 0 Å². The summed E-state index contributed by atoms with van der Waals surface area (Å²) in [4.78, 5) is 34.4. The Bertz CT molecular complexity index is 1360. The summed E-state index contributed by atoms with van der Waals surface area (Å²) in [6.45, 7) is 6.64. The maximum absolute atomic E-state index is 13.9. The lowest BCUT2D eigenvalue weighted by Crippen LogP contribution is -2.38. The lowest BCUT2D eigenvalue weighted by Gasteiger charge is -2.32. The molecule has 2 aromatic carbocycles. The van der Waals surface area contributed by atoms with Crippen molar-refractivity contribution in [2.75, 3.05) is 0 Å². The Labute approximate surface area is 218 Å². The minimum absolute atomic E-state index is 0.0506. The SMILES string of the molecule is CCCCCCC(=O)N(Cc1ccco1)C(CC)c1nc2ccccc2c(=O)n1-c1ccc(CC)cc1. The van der Waals surface area contributed by atoms with Crippen LogP contribution >= 0.6 is 0 Å². The standard InChI is InChI=1S/C31H37N3O3/c1-4-7-8-9-16-29(35)33(22-25-13-12-21-37-25)28(6-3)30-32-27-15-11-10-14-26(27)31(36)34(30)24-19-17-23(5-2)18-20-24/h10-15,17-21,28H,4-9,16,22H2,1-3H3. The van der Waals surface area contributed by atoms with Gasteiger partial charge in [-0.05, 0) is 61.2 Å². The molecule has 0 N–H and O–H groups in total. The number of rotatable bonds is 12. The number of hydrogen-bond donors (Lipinski definition) is 0. The maximum atomic E-state index is 13.9. The Balaban J connectivity index is 1.84. The summed E-state index contributed by atoms with van der Waals surface area (Å²) in [5.74, 6) is 1.33. The summed E-state index contributed by atoms with van der Waals surface area (Å²) in [6, 6.07) is 18.8. The molecule has 0 aliphatic heterocycles. The zero-order valence-electron chi connectivity index (χ0n) is 22.2. The van der Waals surface area contributed by atoms with Crippen LogP contribution in [0.1, 0.15) is 82.5 Å². The van der Waals surface area contributed by atoms with Crippen LogP contribution in [0.3, 0.4) is 0 Å². The van der Waals surface area contributed by atoms with Crippen LogP contribution in [0.4, 0.5) is 0 Å². The molecule has 2 heterocycles. The van der Waals surface area contributed by atoms with Crippen molar-refractivity contribution >= 4 is 16.8 Å². The van der Waals surface area contributed by atoms with Gasteiger partial charge in [0.25, 0.3) is 5.56 Å². The number of fused-ring (bicyclic) bond motifs is 1. The van der Waals surface area contributed by atoms with Crippen molar-refractivity contribution in [2.45, 2.75) is 78.3 Å². The average molecular weight is 500 g/mol. The maximum Gasteiger partial charge on any atom is 0.266 e. The minimum atomic E-state index is -0.396. The lowest BCUT2D eigenvalue weighted by molar-refractivity contribution is -0.135. The van der Waals surface area contributed by atoms with Crippen LogP contribution in [0, 0.1) is 0 Å². The van der Waals surface area contributed by atoms with Crippen LogP contribution in [-0.4, -0.2) is 20.4 Å². The normalized spacial score (nSPS) is 12.1. The first-order valence-electron chi connectivity index (χ1n) is 13.5. The number of benzene rings is 2. The Kier molecular flexibility index (Phi) is 8.94. The first-order chi connectivity index (χ1) is 18.1. The second-order valence-corrected chi connectivity index (χ2v) is 9.48. The molecule has 1 amide bonds. The van der Waals surface area contributed by atoms with Crippen LogP contribution in [0.15, 0.2) is 76.1 Å². The smallest absolute Gasteiger partial charge is 0.266 e. The minimum Gasteiger partial charge on any atom is -0.467 e. The number of aromatic nitrogens is 2. The van der Waals surface area contributed by atoms with Crippen molar-refractivity contribution in [3.8, 4) is 5.69 Å². The molecule has 1 atom stereocenters. The molecule has 0 bridgehead atoms. The number of amides is 1. The van der Waals surface area contributed by atoms with E-state index in [1.165, 1.54) is 5.56 Å². The van der Waals surface area contributed by atoms with Gasteiger partial charge < -0.3 is 9.32 Å². The first kappa shape index (κ1) is 26.4. The number of unbranched alkanes of at least 4 members (excludes halogenated alkanes) is 3. The molecular formula is C31H37N3O3. The topological polar surface area (TPSA) is 68.3 Å². The molecule has 6 nitrogen and oxygen atoms in total. The second-order valence-electron chi connectivity index (χ2n) is 9.48. The van der Waals surface area contributed by atoms with Gasteiger partial charge in [0.2, 0.25) is 5.91 Å². The average Bonchev–Trinajstić information content (AvgIpc) is 3.44. The van der Waals surface area contributed by atoms with Crippen LogP contribution in [0.5, 0.6) is 0 Å². The Morgan fingerprint density at radius 3 is 2.43 bits per heavy atom. The summed E-state index contributed by atoms with van der Waals surface area (Å²) in [7, 11) is 0. The summed E-state index contributed by atoms with van der Waals surface area (Å²) >= 11 is 0. The van der Waals surface area contributed by atoms with Gasteiger partial charge in [-0.25, -0.2) is 4.98 Å². The van der Waals surface area contributed by atoms with Gasteiger partial charge in [0, 0.05) is 6.42 Å². The Morgan fingerprint density at radius 1 is 0.973 bits per heavy atom. The zero-order valence-corrected chi connectivity index (χ0v) is 22.2. The summed E-state index contributed by atoms with van der Waals surface area (Å²) < 4.78 is 7.33. The number of hydrogen-bond acceptors (Lipinski definition) is 4. The highest BCUT2D eigenvalue weighted by Gasteiger charge is 2.29. The van der Waals surface area contributed by atoms with E-state index in [0.717, 1.165) is 37.8 Å². The third-order valence-electron chi connectivity index (χ3n) is 6.94. The highest BCUT2D eigenvalue weighted by atomic mass is 16.3. The van der Waals surface area contributed by atoms with E-state index in [0.29, 0.717) is 41.9 Å². The predicted molar refractivity (Wildman–Crippen MR) is 148 cm³/mol. The molecule has 0 radical (unpaired) electrons. The van der Waals surface area contributed by atoms with E-state index in [1.54, 1.807) is 10.8 Å². The Hall–Kier alpha value is -3.67. The zero-order chi connectivity index (χ0) is 26.2. The van der Waals surface area contributed by atoms with E-state index in [4.69, 9.17) is 9.40 Å². The fraction of sp³-hybridized carbons (Fsp3) is 0.387. The molecule has 0 aliphatic carbocycles. The van der Waals surface area contributed by atoms with Gasteiger partial charge in [-0.1, -0.05) is 64.3 Å². The molecule has 0 saturated carbocycles. The highest BCUT2D eigenvalue weighted by Crippen LogP contribution is 2.29. The molecule has 0 fully saturated rings. The van der Waals surface area contributed by atoms with E-state index >= 15 is 0 Å². The molecule has 0 spiro atoms. The van der Waals surface area contributed by atoms with Crippen molar-refractivity contribution in [2.24, 2.45) is 0 Å². The number of furan rings is 1. The van der Waals surface area contributed by atoms with Crippen molar-refractivity contribution in [1.29, 1.82) is 0 Å². The molecule has 6 heteroatoms. The van der Waals surface area contributed by atoms with Gasteiger partial charge in [-0.3, -0.25) is 14.2 Å². The number of nitrogens with zero attached hydrogens (tertiary/aromatic N) is 3. The third kappa shape index (κ3) is 6.01. The molecule has 194 valence electrons. The largest absolute Gasteiger partial charge is 0.467 e. The van der Waals surface area contributed by atoms with Gasteiger partial charge in [0.05, 0.1) is 35.4 Å². The molecule has 0 saturated heterocycles. The number of carbonyl (C=O) groups is 1. The van der Waals surface area contributed by atoms with E-state index in [2.05, 4.69) is 13.8 Å². The number of para-hydroxylation sites is 1. The molecule has 4 aromatic rings. The summed E-state index contributed by atoms with van der Waals surface area (Å²) in [6.07, 6.45) is 7.71. The van der Waals surface area contributed by atoms with E-state index in [1.807, 2.05) is 72.5 Å². The summed E-state index contributed by atoms with van der Waals surface area (Å²) in [5, 5.41) is 0.559. The van der Waals surface area contributed by atoms with Crippen LogP contribution in [0.2, 0.25) is 0 Å². The Morgan fingerprint density at radius 2 is 1.76 bits per heavy atom. The van der Waals surface area contributed by atoms with Crippen LogP contribution in [0.25, 0.3) is 16.6 Å². The molecule has 2 aromatic heterocycles. The summed E-state index contributed by atoms with van der Waals surface area (Å²) in [5.41, 5.74) is 2.45.